The van der Waals surface area contributed by atoms with Gasteiger partial charge >= 0.3 is 0 Å². The van der Waals surface area contributed by atoms with Crippen LogP contribution >= 0.6 is 15.9 Å². The van der Waals surface area contributed by atoms with Gasteiger partial charge < -0.3 is 0 Å². The van der Waals surface area contributed by atoms with Gasteiger partial charge in [-0.1, -0.05) is 29.4 Å². The van der Waals surface area contributed by atoms with Gasteiger partial charge in [0.25, 0.3) is 0 Å². The molecule has 0 bridgehead atoms. The molecule has 5 heteroatoms. The van der Waals surface area contributed by atoms with Gasteiger partial charge in [0.05, 0.1) is 5.75 Å². The van der Waals surface area contributed by atoms with E-state index in [4.69, 9.17) is 0 Å². The molecule has 0 saturated carbocycles. The monoisotopic (exact) mass is 241 g/mol. The van der Waals surface area contributed by atoms with Crippen molar-refractivity contribution in [2.24, 2.45) is 0 Å². The molecule has 0 aliphatic heterocycles. The lowest BCUT2D eigenvalue weighted by Crippen LogP contribution is -2.26. The molecule has 0 radical (unpaired) electrons. The Bertz CT molecular complexity index is 223. The normalized spacial score (nSPS) is 11.5. The van der Waals surface area contributed by atoms with Crippen LogP contribution in [0.25, 0.3) is 0 Å². The molecule has 0 aromatic heterocycles. The summed E-state index contributed by atoms with van der Waals surface area (Å²) in [7, 11) is -3.07. The standard InChI is InChI=1S/C6H12BrNO2S/c1-3-4-11(9,10)8-5-6(2)7/h8H,2-5H2,1H3. The maximum Gasteiger partial charge on any atom is 0.211 e. The van der Waals surface area contributed by atoms with Gasteiger partial charge in [0.1, 0.15) is 0 Å². The van der Waals surface area contributed by atoms with Crippen molar-refractivity contribution in [3.8, 4) is 0 Å². The Morgan fingerprint density at radius 1 is 1.64 bits per heavy atom. The molecule has 0 fully saturated rings. The average Bonchev–Trinajstić information content (AvgIpc) is 1.84. The van der Waals surface area contributed by atoms with Crippen LogP contribution in [0.2, 0.25) is 0 Å². The number of hydrogen-bond donors (Lipinski definition) is 1. The third kappa shape index (κ3) is 6.52. The minimum Gasteiger partial charge on any atom is -0.212 e. The zero-order valence-corrected chi connectivity index (χ0v) is 8.83. The van der Waals surface area contributed by atoms with Crippen LogP contribution in [-0.4, -0.2) is 20.7 Å². The quantitative estimate of drug-likeness (QED) is 0.788. The van der Waals surface area contributed by atoms with Crippen LogP contribution in [0, 0.1) is 0 Å². The first kappa shape index (κ1) is 11.1. The van der Waals surface area contributed by atoms with E-state index in [0.29, 0.717) is 10.9 Å². The predicted molar refractivity (Wildman–Crippen MR) is 50.1 cm³/mol. The van der Waals surface area contributed by atoms with Crippen molar-refractivity contribution in [2.75, 3.05) is 12.3 Å². The summed E-state index contributed by atoms with van der Waals surface area (Å²) in [4.78, 5) is 0. The molecule has 0 atom stereocenters. The van der Waals surface area contributed by atoms with Gasteiger partial charge in [0.2, 0.25) is 10.0 Å². The highest BCUT2D eigenvalue weighted by atomic mass is 79.9. The van der Waals surface area contributed by atoms with E-state index in [-0.39, 0.29) is 12.3 Å². The van der Waals surface area contributed by atoms with Gasteiger partial charge in [-0.2, -0.15) is 0 Å². The van der Waals surface area contributed by atoms with Crippen LogP contribution in [0.3, 0.4) is 0 Å². The highest BCUT2D eigenvalue weighted by molar-refractivity contribution is 9.11. The lowest BCUT2D eigenvalue weighted by molar-refractivity contribution is 0.584. The lowest BCUT2D eigenvalue weighted by Gasteiger charge is -2.02. The molecule has 0 rings (SSSR count). The third-order valence-electron chi connectivity index (χ3n) is 0.957. The summed E-state index contributed by atoms with van der Waals surface area (Å²) in [6.07, 6.45) is 0.629. The van der Waals surface area contributed by atoms with Gasteiger partial charge in [0, 0.05) is 11.0 Å². The second-order valence-corrected chi connectivity index (χ2v) is 5.21. The van der Waals surface area contributed by atoms with Crippen molar-refractivity contribution in [1.82, 2.24) is 4.72 Å². The maximum absolute atomic E-state index is 11.0. The number of hydrogen-bond acceptors (Lipinski definition) is 2. The summed E-state index contributed by atoms with van der Waals surface area (Å²) in [5.41, 5.74) is 0. The Hall–Kier alpha value is 0.130. The topological polar surface area (TPSA) is 46.2 Å². The maximum atomic E-state index is 11.0. The smallest absolute Gasteiger partial charge is 0.211 e. The summed E-state index contributed by atoms with van der Waals surface area (Å²) in [6.45, 7) is 5.60. The molecule has 0 spiro atoms. The number of sulfonamides is 1. The van der Waals surface area contributed by atoms with Crippen LogP contribution in [0.1, 0.15) is 13.3 Å². The van der Waals surface area contributed by atoms with Crippen molar-refractivity contribution in [1.29, 1.82) is 0 Å². The van der Waals surface area contributed by atoms with E-state index in [1.807, 2.05) is 6.92 Å². The van der Waals surface area contributed by atoms with E-state index in [1.54, 1.807) is 0 Å². The molecular formula is C6H12BrNO2S. The number of rotatable bonds is 5. The van der Waals surface area contributed by atoms with Crippen LogP contribution < -0.4 is 4.72 Å². The van der Waals surface area contributed by atoms with Crippen molar-refractivity contribution >= 4 is 26.0 Å². The van der Waals surface area contributed by atoms with Crippen LogP contribution in [0.5, 0.6) is 0 Å². The molecule has 0 aromatic carbocycles. The number of nitrogens with one attached hydrogen (secondary N) is 1. The highest BCUT2D eigenvalue weighted by Gasteiger charge is 2.06. The first-order valence-electron chi connectivity index (χ1n) is 3.28. The Balaban J connectivity index is 3.84. The molecule has 3 nitrogen and oxygen atoms in total. The molecule has 0 aromatic rings. The van der Waals surface area contributed by atoms with Crippen LogP contribution in [0.4, 0.5) is 0 Å². The minimum atomic E-state index is -3.07. The zero-order valence-electron chi connectivity index (χ0n) is 6.43. The molecular weight excluding hydrogens is 230 g/mol. The van der Waals surface area contributed by atoms with Gasteiger partial charge in [0.15, 0.2) is 0 Å². The van der Waals surface area contributed by atoms with E-state index < -0.39 is 10.0 Å². The summed E-state index contributed by atoms with van der Waals surface area (Å²) >= 11 is 3.06. The second-order valence-electron chi connectivity index (χ2n) is 2.16. The van der Waals surface area contributed by atoms with Crippen molar-refractivity contribution in [3.05, 3.63) is 11.1 Å². The zero-order chi connectivity index (χ0) is 8.91. The summed E-state index contributed by atoms with van der Waals surface area (Å²) in [6, 6.07) is 0. The molecule has 0 heterocycles. The first-order valence-corrected chi connectivity index (χ1v) is 5.73. The third-order valence-corrected chi connectivity index (χ3v) is 2.77. The van der Waals surface area contributed by atoms with Gasteiger partial charge in [-0.05, 0) is 6.42 Å². The summed E-state index contributed by atoms with van der Waals surface area (Å²) < 4.78 is 24.9. The fourth-order valence-electron chi connectivity index (χ4n) is 0.529. The molecule has 0 aliphatic carbocycles. The molecule has 66 valence electrons. The summed E-state index contributed by atoms with van der Waals surface area (Å²) in [5.74, 6) is 0.174. The molecule has 0 aliphatic rings. The Kier molecular flexibility index (Phi) is 4.96. The van der Waals surface area contributed by atoms with E-state index in [0.717, 1.165) is 0 Å². The van der Waals surface area contributed by atoms with Gasteiger partial charge in [-0.15, -0.1) is 0 Å². The van der Waals surface area contributed by atoms with E-state index in [1.165, 1.54) is 0 Å². The average molecular weight is 242 g/mol. The van der Waals surface area contributed by atoms with Crippen molar-refractivity contribution in [2.45, 2.75) is 13.3 Å². The Labute approximate surface area is 76.1 Å². The molecule has 11 heavy (non-hydrogen) atoms. The summed E-state index contributed by atoms with van der Waals surface area (Å²) in [5, 5.41) is 0. The molecule has 0 unspecified atom stereocenters. The lowest BCUT2D eigenvalue weighted by atomic mass is 10.6. The van der Waals surface area contributed by atoms with E-state index in [2.05, 4.69) is 27.2 Å². The first-order chi connectivity index (χ1) is 4.98. The van der Waals surface area contributed by atoms with Gasteiger partial charge in [-0.25, -0.2) is 13.1 Å². The minimum absolute atomic E-state index is 0.174. The predicted octanol–water partition coefficient (Wildman–Crippen LogP) is 1.22. The molecule has 0 amide bonds. The molecule has 0 saturated heterocycles. The Morgan fingerprint density at radius 3 is 2.55 bits per heavy atom. The van der Waals surface area contributed by atoms with Crippen molar-refractivity contribution < 1.29 is 8.42 Å². The van der Waals surface area contributed by atoms with Crippen LogP contribution in [-0.2, 0) is 10.0 Å². The van der Waals surface area contributed by atoms with Gasteiger partial charge in [-0.3, -0.25) is 0 Å². The highest BCUT2D eigenvalue weighted by Crippen LogP contribution is 1.98. The van der Waals surface area contributed by atoms with E-state index in [9.17, 15) is 8.42 Å². The SMILES string of the molecule is C=C(Br)CNS(=O)(=O)CCC. The van der Waals surface area contributed by atoms with Crippen LogP contribution in [0.15, 0.2) is 11.1 Å². The largest absolute Gasteiger partial charge is 0.212 e. The van der Waals surface area contributed by atoms with Crippen molar-refractivity contribution in [3.63, 3.8) is 0 Å². The second kappa shape index (κ2) is 4.90. The Morgan fingerprint density at radius 2 is 2.18 bits per heavy atom. The molecule has 1 N–H and O–H groups in total. The fourth-order valence-corrected chi connectivity index (χ4v) is 1.93. The van der Waals surface area contributed by atoms with E-state index >= 15 is 0 Å². The number of halogens is 1. The fraction of sp³-hybridized carbons (Fsp3) is 0.667.